The Labute approximate surface area is 128 Å². The molecule has 3 aromatic rings. The Morgan fingerprint density at radius 1 is 1.09 bits per heavy atom. The van der Waals surface area contributed by atoms with Crippen LogP contribution in [0, 0.1) is 0 Å². The number of fused-ring (bicyclic) bond motifs is 1. The van der Waals surface area contributed by atoms with E-state index in [1.807, 2.05) is 0 Å². The Balaban J connectivity index is 2.19. The second-order valence-electron chi connectivity index (χ2n) is 4.97. The number of rotatable bonds is 3. The lowest BCUT2D eigenvalue weighted by Gasteiger charge is -2.13. The number of halogens is 3. The maximum Gasteiger partial charge on any atom is 0.449 e. The third-order valence-electron chi connectivity index (χ3n) is 3.48. The van der Waals surface area contributed by atoms with Crippen LogP contribution in [-0.2, 0) is 12.7 Å². The van der Waals surface area contributed by atoms with Crippen LogP contribution in [0.2, 0.25) is 0 Å². The van der Waals surface area contributed by atoms with Gasteiger partial charge in [-0.25, -0.2) is 9.78 Å². The number of nitrogens with zero attached hydrogens (tertiary/aromatic N) is 2. The Kier molecular flexibility index (Phi) is 3.55. The SMILES string of the molecule is O=C(O)c1ccccc1Cn1c(C(F)(F)F)nc2ccccc21. The highest BCUT2D eigenvalue weighted by molar-refractivity contribution is 5.89. The minimum absolute atomic E-state index is 0.0293. The van der Waals surface area contributed by atoms with Crippen molar-refractivity contribution in [1.82, 2.24) is 9.55 Å². The maximum atomic E-state index is 13.2. The molecule has 0 amide bonds. The van der Waals surface area contributed by atoms with Gasteiger partial charge in [0.1, 0.15) is 0 Å². The van der Waals surface area contributed by atoms with E-state index in [9.17, 15) is 23.1 Å². The minimum Gasteiger partial charge on any atom is -0.478 e. The van der Waals surface area contributed by atoms with Crippen LogP contribution < -0.4 is 0 Å². The fourth-order valence-electron chi connectivity index (χ4n) is 2.49. The second-order valence-corrected chi connectivity index (χ2v) is 4.97. The summed E-state index contributed by atoms with van der Waals surface area (Å²) in [5.41, 5.74) is 0.778. The molecule has 2 aromatic carbocycles. The van der Waals surface area contributed by atoms with Gasteiger partial charge >= 0.3 is 12.1 Å². The second kappa shape index (κ2) is 5.42. The van der Waals surface area contributed by atoms with Crippen molar-refractivity contribution in [3.8, 4) is 0 Å². The number of para-hydroxylation sites is 2. The van der Waals surface area contributed by atoms with Gasteiger partial charge in [0.05, 0.1) is 23.1 Å². The van der Waals surface area contributed by atoms with E-state index in [1.54, 1.807) is 18.2 Å². The first kappa shape index (κ1) is 15.1. The van der Waals surface area contributed by atoms with Crippen molar-refractivity contribution < 1.29 is 23.1 Å². The predicted octanol–water partition coefficient (Wildman–Crippen LogP) is 3.80. The van der Waals surface area contributed by atoms with Gasteiger partial charge in [-0.05, 0) is 23.8 Å². The molecule has 0 unspecified atom stereocenters. The van der Waals surface area contributed by atoms with Crippen LogP contribution in [0.4, 0.5) is 13.2 Å². The smallest absolute Gasteiger partial charge is 0.449 e. The molecule has 0 fully saturated rings. The van der Waals surface area contributed by atoms with Crippen LogP contribution in [0.15, 0.2) is 48.5 Å². The monoisotopic (exact) mass is 320 g/mol. The van der Waals surface area contributed by atoms with E-state index >= 15 is 0 Å². The summed E-state index contributed by atoms with van der Waals surface area (Å²) in [6, 6.07) is 12.2. The molecule has 0 aliphatic heterocycles. The van der Waals surface area contributed by atoms with Crippen molar-refractivity contribution in [1.29, 1.82) is 0 Å². The first-order chi connectivity index (χ1) is 10.9. The average molecular weight is 320 g/mol. The lowest BCUT2D eigenvalue weighted by Crippen LogP contribution is -2.16. The molecule has 1 N–H and O–H groups in total. The Morgan fingerprint density at radius 2 is 1.74 bits per heavy atom. The summed E-state index contributed by atoms with van der Waals surface area (Å²) >= 11 is 0. The van der Waals surface area contributed by atoms with Gasteiger partial charge in [-0.3, -0.25) is 0 Å². The van der Waals surface area contributed by atoms with Crippen molar-refractivity contribution in [3.05, 3.63) is 65.5 Å². The van der Waals surface area contributed by atoms with Crippen LogP contribution in [0.25, 0.3) is 11.0 Å². The van der Waals surface area contributed by atoms with Crippen molar-refractivity contribution in [3.63, 3.8) is 0 Å². The molecule has 0 radical (unpaired) electrons. The van der Waals surface area contributed by atoms with E-state index in [4.69, 9.17) is 0 Å². The van der Waals surface area contributed by atoms with Gasteiger partial charge in [-0.15, -0.1) is 0 Å². The summed E-state index contributed by atoms with van der Waals surface area (Å²) in [6.07, 6.45) is -4.63. The highest BCUT2D eigenvalue weighted by Crippen LogP contribution is 2.32. The molecule has 0 bridgehead atoms. The number of alkyl halides is 3. The quantitative estimate of drug-likeness (QED) is 0.798. The summed E-state index contributed by atoms with van der Waals surface area (Å²) < 4.78 is 40.7. The zero-order valence-electron chi connectivity index (χ0n) is 11.7. The number of carbonyl (C=O) groups is 1. The van der Waals surface area contributed by atoms with Crippen LogP contribution in [-0.4, -0.2) is 20.6 Å². The topological polar surface area (TPSA) is 55.1 Å². The molecular weight excluding hydrogens is 309 g/mol. The van der Waals surface area contributed by atoms with Crippen LogP contribution in [0.1, 0.15) is 21.7 Å². The number of benzene rings is 2. The van der Waals surface area contributed by atoms with Crippen LogP contribution >= 0.6 is 0 Å². The lowest BCUT2D eigenvalue weighted by molar-refractivity contribution is -0.146. The van der Waals surface area contributed by atoms with E-state index in [0.29, 0.717) is 5.52 Å². The van der Waals surface area contributed by atoms with Gasteiger partial charge in [0, 0.05) is 0 Å². The summed E-state index contributed by atoms with van der Waals surface area (Å²) in [5.74, 6) is -2.22. The number of hydrogen-bond donors (Lipinski definition) is 1. The Hall–Kier alpha value is -2.83. The van der Waals surface area contributed by atoms with Crippen molar-refractivity contribution in [2.75, 3.05) is 0 Å². The van der Waals surface area contributed by atoms with Gasteiger partial charge in [0.15, 0.2) is 0 Å². The molecule has 0 aliphatic carbocycles. The number of hydrogen-bond acceptors (Lipinski definition) is 2. The van der Waals surface area contributed by atoms with E-state index < -0.39 is 18.0 Å². The molecule has 7 heteroatoms. The molecular formula is C16H11F3N2O2. The van der Waals surface area contributed by atoms with E-state index in [-0.39, 0.29) is 23.2 Å². The van der Waals surface area contributed by atoms with E-state index in [0.717, 1.165) is 4.57 Å². The highest BCUT2D eigenvalue weighted by Gasteiger charge is 2.37. The third kappa shape index (κ3) is 2.77. The molecule has 0 saturated carbocycles. The van der Waals surface area contributed by atoms with Gasteiger partial charge in [-0.1, -0.05) is 30.3 Å². The fraction of sp³-hybridized carbons (Fsp3) is 0.125. The summed E-state index contributed by atoms with van der Waals surface area (Å²) in [4.78, 5) is 14.9. The van der Waals surface area contributed by atoms with Gasteiger partial charge in [-0.2, -0.15) is 13.2 Å². The van der Waals surface area contributed by atoms with Crippen molar-refractivity contribution in [2.45, 2.75) is 12.7 Å². The van der Waals surface area contributed by atoms with Crippen molar-refractivity contribution in [2.24, 2.45) is 0 Å². The van der Waals surface area contributed by atoms with E-state index in [2.05, 4.69) is 4.98 Å². The molecule has 118 valence electrons. The molecule has 0 spiro atoms. The normalized spacial score (nSPS) is 11.8. The molecule has 0 saturated heterocycles. The van der Waals surface area contributed by atoms with Crippen molar-refractivity contribution >= 4 is 17.0 Å². The Morgan fingerprint density at radius 3 is 2.43 bits per heavy atom. The molecule has 3 rings (SSSR count). The molecule has 23 heavy (non-hydrogen) atoms. The van der Waals surface area contributed by atoms with Crippen LogP contribution in [0.3, 0.4) is 0 Å². The third-order valence-corrected chi connectivity index (χ3v) is 3.48. The minimum atomic E-state index is -4.63. The number of carboxylic acid groups (broad SMARTS) is 1. The fourth-order valence-corrected chi connectivity index (χ4v) is 2.49. The first-order valence-corrected chi connectivity index (χ1v) is 6.71. The number of aromatic nitrogens is 2. The van der Waals surface area contributed by atoms with Crippen LogP contribution in [0.5, 0.6) is 0 Å². The first-order valence-electron chi connectivity index (χ1n) is 6.71. The summed E-state index contributed by atoms with van der Waals surface area (Å²) in [7, 11) is 0. The standard InChI is InChI=1S/C16H11F3N2O2/c17-16(18,19)15-20-12-7-3-4-8-13(12)21(15)9-10-5-1-2-6-11(10)14(22)23/h1-8H,9H2,(H,22,23). The summed E-state index contributed by atoms with van der Waals surface area (Å²) in [5, 5.41) is 9.19. The zero-order chi connectivity index (χ0) is 16.6. The maximum absolute atomic E-state index is 13.2. The van der Waals surface area contributed by atoms with Gasteiger partial charge < -0.3 is 9.67 Å². The molecule has 0 aliphatic rings. The summed E-state index contributed by atoms with van der Waals surface area (Å²) in [6.45, 7) is -0.224. The predicted molar refractivity (Wildman–Crippen MR) is 77.2 cm³/mol. The Bertz CT molecular complexity index is 884. The molecule has 0 atom stereocenters. The zero-order valence-corrected chi connectivity index (χ0v) is 11.7. The van der Waals surface area contributed by atoms with E-state index in [1.165, 1.54) is 30.3 Å². The lowest BCUT2D eigenvalue weighted by atomic mass is 10.1. The largest absolute Gasteiger partial charge is 0.478 e. The molecule has 4 nitrogen and oxygen atoms in total. The number of imidazole rings is 1. The number of carboxylic acids is 1. The average Bonchev–Trinajstić information content (AvgIpc) is 2.87. The number of aromatic carboxylic acids is 1. The van der Waals surface area contributed by atoms with Gasteiger partial charge in [0.25, 0.3) is 0 Å². The highest BCUT2D eigenvalue weighted by atomic mass is 19.4. The molecule has 1 heterocycles. The molecule has 1 aromatic heterocycles. The van der Waals surface area contributed by atoms with Gasteiger partial charge in [0.2, 0.25) is 5.82 Å².